The summed E-state index contributed by atoms with van der Waals surface area (Å²) < 4.78 is 26.5. The molecule has 0 radical (unpaired) electrons. The summed E-state index contributed by atoms with van der Waals surface area (Å²) in [7, 11) is 0. The lowest BCUT2D eigenvalue weighted by molar-refractivity contribution is 0.574. The molecule has 0 spiro atoms. The van der Waals surface area contributed by atoms with Gasteiger partial charge in [0.1, 0.15) is 17.5 Å². The monoisotopic (exact) mass is 304 g/mol. The van der Waals surface area contributed by atoms with Gasteiger partial charge in [0.15, 0.2) is 0 Å². The molecule has 0 saturated carbocycles. The number of anilines is 2. The number of aryl methyl sites for hydroxylation is 1. The fourth-order valence-electron chi connectivity index (χ4n) is 1.89. The zero-order valence-electron chi connectivity index (χ0n) is 12.6. The molecule has 2 aromatic rings. The fraction of sp³-hybridized carbons (Fsp3) is 0.250. The summed E-state index contributed by atoms with van der Waals surface area (Å²) in [5.41, 5.74) is 2.12. The van der Waals surface area contributed by atoms with Crippen LogP contribution in [0.1, 0.15) is 16.8 Å². The molecule has 22 heavy (non-hydrogen) atoms. The highest BCUT2D eigenvalue weighted by Crippen LogP contribution is 2.18. The van der Waals surface area contributed by atoms with Crippen LogP contribution < -0.4 is 10.6 Å². The molecule has 6 heteroatoms. The lowest BCUT2D eigenvalue weighted by Gasteiger charge is -2.12. The van der Waals surface area contributed by atoms with Crippen LogP contribution in [0.25, 0.3) is 0 Å². The van der Waals surface area contributed by atoms with Crippen LogP contribution in [0.2, 0.25) is 0 Å². The van der Waals surface area contributed by atoms with Crippen molar-refractivity contribution in [2.45, 2.75) is 20.4 Å². The van der Waals surface area contributed by atoms with Crippen molar-refractivity contribution in [3.8, 4) is 0 Å². The third-order valence-electron chi connectivity index (χ3n) is 3.26. The number of hydrogen-bond acceptors (Lipinski definition) is 4. The zero-order chi connectivity index (χ0) is 16.1. The topological polar surface area (TPSA) is 49.8 Å². The van der Waals surface area contributed by atoms with Crippen LogP contribution in [-0.2, 0) is 6.54 Å². The molecule has 1 aromatic heterocycles. The van der Waals surface area contributed by atoms with Crippen LogP contribution in [0, 0.1) is 25.5 Å². The van der Waals surface area contributed by atoms with Gasteiger partial charge < -0.3 is 10.6 Å². The Morgan fingerprint density at radius 2 is 1.95 bits per heavy atom. The van der Waals surface area contributed by atoms with Crippen molar-refractivity contribution in [1.82, 2.24) is 9.97 Å². The van der Waals surface area contributed by atoms with Crippen LogP contribution in [0.15, 0.2) is 30.9 Å². The van der Waals surface area contributed by atoms with Gasteiger partial charge in [-0.25, -0.2) is 13.8 Å². The van der Waals surface area contributed by atoms with E-state index in [1.807, 2.05) is 13.8 Å². The number of nitrogens with zero attached hydrogens (tertiary/aromatic N) is 2. The quantitative estimate of drug-likeness (QED) is 0.801. The Morgan fingerprint density at radius 1 is 1.18 bits per heavy atom. The Bertz CT molecular complexity index is 686. The minimum Gasteiger partial charge on any atom is -0.366 e. The van der Waals surface area contributed by atoms with Gasteiger partial charge in [-0.2, -0.15) is 4.98 Å². The Hall–Kier alpha value is -2.50. The molecule has 0 aliphatic heterocycles. The first-order chi connectivity index (χ1) is 10.5. The molecule has 2 N–H and O–H groups in total. The molecular formula is C16H18F2N4. The summed E-state index contributed by atoms with van der Waals surface area (Å²) in [5.74, 6) is -0.103. The van der Waals surface area contributed by atoms with Gasteiger partial charge in [-0.05, 0) is 19.9 Å². The van der Waals surface area contributed by atoms with E-state index in [0.29, 0.717) is 23.9 Å². The van der Waals surface area contributed by atoms with E-state index in [-0.39, 0.29) is 6.54 Å². The van der Waals surface area contributed by atoms with E-state index in [1.54, 1.807) is 6.08 Å². The highest BCUT2D eigenvalue weighted by Gasteiger charge is 2.09. The molecule has 0 saturated heterocycles. The molecule has 116 valence electrons. The van der Waals surface area contributed by atoms with E-state index in [2.05, 4.69) is 27.2 Å². The first kappa shape index (κ1) is 15.9. The van der Waals surface area contributed by atoms with E-state index < -0.39 is 11.6 Å². The van der Waals surface area contributed by atoms with Gasteiger partial charge >= 0.3 is 0 Å². The maximum Gasteiger partial charge on any atom is 0.225 e. The number of hydrogen-bond donors (Lipinski definition) is 2. The smallest absolute Gasteiger partial charge is 0.225 e. The minimum absolute atomic E-state index is 0.176. The van der Waals surface area contributed by atoms with E-state index in [0.717, 1.165) is 17.3 Å². The van der Waals surface area contributed by atoms with Gasteiger partial charge in [-0.1, -0.05) is 12.1 Å². The van der Waals surface area contributed by atoms with Crippen LogP contribution in [-0.4, -0.2) is 16.5 Å². The number of halogens is 2. The molecule has 0 unspecified atom stereocenters. The van der Waals surface area contributed by atoms with Crippen LogP contribution in [0.3, 0.4) is 0 Å². The van der Waals surface area contributed by atoms with Crippen molar-refractivity contribution >= 4 is 11.8 Å². The molecule has 0 fully saturated rings. The summed E-state index contributed by atoms with van der Waals surface area (Å²) >= 11 is 0. The highest BCUT2D eigenvalue weighted by molar-refractivity contribution is 5.50. The second-order valence-corrected chi connectivity index (χ2v) is 4.87. The maximum atomic E-state index is 13.6. The average molecular weight is 304 g/mol. The van der Waals surface area contributed by atoms with Gasteiger partial charge in [-0.3, -0.25) is 0 Å². The van der Waals surface area contributed by atoms with Crippen LogP contribution in [0.5, 0.6) is 0 Å². The van der Waals surface area contributed by atoms with Crippen molar-refractivity contribution in [2.75, 3.05) is 17.2 Å². The predicted octanol–water partition coefficient (Wildman–Crippen LogP) is 3.58. The molecule has 0 bridgehead atoms. The normalized spacial score (nSPS) is 10.4. The van der Waals surface area contributed by atoms with E-state index in [1.165, 1.54) is 12.1 Å². The summed E-state index contributed by atoms with van der Waals surface area (Å²) in [5, 5.41) is 6.08. The Labute approximate surface area is 128 Å². The van der Waals surface area contributed by atoms with Gasteiger partial charge in [0.2, 0.25) is 5.95 Å². The molecule has 2 rings (SSSR count). The summed E-state index contributed by atoms with van der Waals surface area (Å²) in [6, 6.07) is 3.48. The second-order valence-electron chi connectivity index (χ2n) is 4.87. The lowest BCUT2D eigenvalue weighted by Crippen LogP contribution is -2.10. The van der Waals surface area contributed by atoms with E-state index in [4.69, 9.17) is 0 Å². The molecule has 0 amide bonds. The van der Waals surface area contributed by atoms with Crippen LogP contribution >= 0.6 is 0 Å². The Kier molecular flexibility index (Phi) is 5.04. The molecule has 0 atom stereocenters. The highest BCUT2D eigenvalue weighted by atomic mass is 19.1. The van der Waals surface area contributed by atoms with Crippen molar-refractivity contribution in [3.05, 3.63) is 59.3 Å². The summed E-state index contributed by atoms with van der Waals surface area (Å²) in [6.07, 6.45) is 1.73. The summed E-state index contributed by atoms with van der Waals surface area (Å²) in [4.78, 5) is 8.67. The van der Waals surface area contributed by atoms with Gasteiger partial charge in [0, 0.05) is 36.0 Å². The van der Waals surface area contributed by atoms with Gasteiger partial charge in [0.05, 0.1) is 0 Å². The van der Waals surface area contributed by atoms with Gasteiger partial charge in [0.25, 0.3) is 0 Å². The van der Waals surface area contributed by atoms with E-state index >= 15 is 0 Å². The maximum absolute atomic E-state index is 13.6. The van der Waals surface area contributed by atoms with Crippen LogP contribution in [0.4, 0.5) is 20.5 Å². The predicted molar refractivity (Wildman–Crippen MR) is 83.9 cm³/mol. The van der Waals surface area contributed by atoms with Gasteiger partial charge in [-0.15, -0.1) is 6.58 Å². The number of nitrogens with one attached hydrogen (secondary N) is 2. The fourth-order valence-corrected chi connectivity index (χ4v) is 1.89. The number of aromatic nitrogens is 2. The first-order valence-electron chi connectivity index (χ1n) is 6.89. The Balaban J connectivity index is 2.15. The molecular weight excluding hydrogens is 286 g/mol. The number of benzene rings is 1. The average Bonchev–Trinajstić information content (AvgIpc) is 2.48. The lowest BCUT2D eigenvalue weighted by atomic mass is 10.2. The molecule has 0 aliphatic carbocycles. The molecule has 1 heterocycles. The summed E-state index contributed by atoms with van der Waals surface area (Å²) in [6.45, 7) is 8.21. The van der Waals surface area contributed by atoms with Crippen molar-refractivity contribution < 1.29 is 8.78 Å². The number of rotatable bonds is 6. The van der Waals surface area contributed by atoms with Crippen molar-refractivity contribution in [3.63, 3.8) is 0 Å². The third-order valence-corrected chi connectivity index (χ3v) is 3.26. The van der Waals surface area contributed by atoms with Crippen molar-refractivity contribution in [2.24, 2.45) is 0 Å². The van der Waals surface area contributed by atoms with E-state index in [9.17, 15) is 8.78 Å². The molecule has 0 aliphatic rings. The second kappa shape index (κ2) is 6.98. The third kappa shape index (κ3) is 3.78. The largest absolute Gasteiger partial charge is 0.366 e. The SMILES string of the molecule is C=CCNc1nc(NCc2ccc(F)cc2F)nc(C)c1C. The molecule has 1 aromatic carbocycles. The van der Waals surface area contributed by atoms with Crippen molar-refractivity contribution in [1.29, 1.82) is 0 Å². The first-order valence-corrected chi connectivity index (χ1v) is 6.89. The Morgan fingerprint density at radius 3 is 2.64 bits per heavy atom. The standard InChI is InChI=1S/C16H18F2N4/c1-4-7-19-15-10(2)11(3)21-16(22-15)20-9-12-5-6-13(17)8-14(12)18/h4-6,8H,1,7,9H2,2-3H3,(H2,19,20,21,22). The minimum atomic E-state index is -0.598. The zero-order valence-corrected chi connectivity index (χ0v) is 12.6. The molecule has 4 nitrogen and oxygen atoms in total.